The van der Waals surface area contributed by atoms with Crippen LogP contribution in [0.1, 0.15) is 6.42 Å². The number of alkyl halides is 3. The van der Waals surface area contributed by atoms with Crippen molar-refractivity contribution >= 4 is 5.71 Å². The highest BCUT2D eigenvalue weighted by molar-refractivity contribution is 5.93. The summed E-state index contributed by atoms with van der Waals surface area (Å²) in [5, 5.41) is 3.03. The molecule has 0 saturated carbocycles. The molecule has 66 valence electrons. The molecule has 2 unspecified atom stereocenters. The predicted molar refractivity (Wildman–Crippen MR) is 35.6 cm³/mol. The number of oxime groups is 1. The number of hydrogen-bond acceptors (Lipinski definition) is 2. The molecule has 0 radical (unpaired) electrons. The third-order valence-electron chi connectivity index (χ3n) is 2.03. The lowest BCUT2D eigenvalue weighted by atomic mass is 9.99. The number of halogens is 3. The third-order valence-corrected chi connectivity index (χ3v) is 2.03. The van der Waals surface area contributed by atoms with Crippen molar-refractivity contribution in [2.75, 3.05) is 0 Å². The summed E-state index contributed by atoms with van der Waals surface area (Å²) in [6.45, 7) is 0. The molecule has 0 amide bonds. The third kappa shape index (κ3) is 1.00. The Kier molecular flexibility index (Phi) is 1.43. The minimum atomic E-state index is -4.34. The van der Waals surface area contributed by atoms with Crippen LogP contribution in [0, 0.1) is 5.92 Å². The van der Waals surface area contributed by atoms with Gasteiger partial charge in [0.1, 0.15) is 0 Å². The zero-order valence-corrected chi connectivity index (χ0v) is 6.01. The first-order valence-electron chi connectivity index (χ1n) is 3.56. The van der Waals surface area contributed by atoms with Crippen LogP contribution in [0.15, 0.2) is 17.3 Å². The van der Waals surface area contributed by atoms with Crippen LogP contribution in [0.2, 0.25) is 0 Å². The monoisotopic (exact) mass is 177 g/mol. The highest BCUT2D eigenvalue weighted by Crippen LogP contribution is 2.35. The number of allylic oxidation sites excluding steroid dienone is 1. The van der Waals surface area contributed by atoms with E-state index >= 15 is 0 Å². The molecule has 0 N–H and O–H groups in total. The molecular weight excluding hydrogens is 171 g/mol. The van der Waals surface area contributed by atoms with Gasteiger partial charge >= 0.3 is 6.18 Å². The topological polar surface area (TPSA) is 21.6 Å². The molecule has 1 aliphatic heterocycles. The highest BCUT2D eigenvalue weighted by atomic mass is 19.4. The average molecular weight is 177 g/mol. The van der Waals surface area contributed by atoms with E-state index in [9.17, 15) is 13.2 Å². The van der Waals surface area contributed by atoms with E-state index in [1.807, 2.05) is 0 Å². The molecule has 2 rings (SSSR count). The van der Waals surface area contributed by atoms with Crippen molar-refractivity contribution in [2.45, 2.75) is 18.7 Å². The van der Waals surface area contributed by atoms with Gasteiger partial charge in [-0.15, -0.1) is 0 Å². The summed E-state index contributed by atoms with van der Waals surface area (Å²) >= 11 is 0. The van der Waals surface area contributed by atoms with Gasteiger partial charge in [-0.2, -0.15) is 13.2 Å². The minimum Gasteiger partial charge on any atom is -0.387 e. The summed E-state index contributed by atoms with van der Waals surface area (Å²) in [6.07, 6.45) is -1.14. The van der Waals surface area contributed by atoms with E-state index in [4.69, 9.17) is 0 Å². The van der Waals surface area contributed by atoms with Crippen molar-refractivity contribution in [1.82, 2.24) is 0 Å². The van der Waals surface area contributed by atoms with E-state index in [0.29, 0.717) is 6.42 Å². The standard InChI is InChI=1S/C7H6F3NO/c8-7(9,10)6-4-2-1-3-5(4)12-11-6/h1,3-5H,2H2. The Hall–Kier alpha value is -1.00. The second kappa shape index (κ2) is 2.24. The molecule has 2 atom stereocenters. The van der Waals surface area contributed by atoms with Crippen molar-refractivity contribution < 1.29 is 18.0 Å². The molecule has 2 nitrogen and oxygen atoms in total. The zero-order chi connectivity index (χ0) is 8.77. The Morgan fingerprint density at radius 2 is 2.25 bits per heavy atom. The lowest BCUT2D eigenvalue weighted by molar-refractivity contribution is -0.0621. The van der Waals surface area contributed by atoms with Gasteiger partial charge in [-0.1, -0.05) is 11.2 Å². The molecule has 0 saturated heterocycles. The number of fused-ring (bicyclic) bond motifs is 1. The maximum absolute atomic E-state index is 12.2. The Morgan fingerprint density at radius 1 is 1.50 bits per heavy atom. The largest absolute Gasteiger partial charge is 0.433 e. The Balaban J connectivity index is 2.20. The van der Waals surface area contributed by atoms with Crippen LogP contribution >= 0.6 is 0 Å². The van der Waals surface area contributed by atoms with E-state index in [-0.39, 0.29) is 0 Å². The van der Waals surface area contributed by atoms with Gasteiger partial charge in [0.2, 0.25) is 0 Å². The molecule has 0 aromatic heterocycles. The molecule has 0 aromatic rings. The Morgan fingerprint density at radius 3 is 2.92 bits per heavy atom. The van der Waals surface area contributed by atoms with Crippen LogP contribution in [0.3, 0.4) is 0 Å². The number of rotatable bonds is 0. The normalized spacial score (nSPS) is 33.1. The fourth-order valence-corrected chi connectivity index (χ4v) is 1.45. The Labute approximate surface area is 66.7 Å². The van der Waals surface area contributed by atoms with Crippen molar-refractivity contribution in [3.05, 3.63) is 12.2 Å². The van der Waals surface area contributed by atoms with E-state index in [1.54, 1.807) is 12.2 Å². The Bertz CT molecular complexity index is 256. The molecule has 2 aliphatic rings. The number of nitrogens with zero attached hydrogens (tertiary/aromatic N) is 1. The van der Waals surface area contributed by atoms with Gasteiger partial charge in [-0.25, -0.2) is 0 Å². The molecule has 12 heavy (non-hydrogen) atoms. The smallest absolute Gasteiger partial charge is 0.387 e. The van der Waals surface area contributed by atoms with Crippen LogP contribution in [0.5, 0.6) is 0 Å². The molecule has 0 bridgehead atoms. The summed E-state index contributed by atoms with van der Waals surface area (Å²) in [7, 11) is 0. The first-order chi connectivity index (χ1) is 5.59. The van der Waals surface area contributed by atoms with Crippen LogP contribution in [0.4, 0.5) is 13.2 Å². The second-order valence-corrected chi connectivity index (χ2v) is 2.81. The van der Waals surface area contributed by atoms with Gasteiger partial charge in [0, 0.05) is 0 Å². The summed E-state index contributed by atoms with van der Waals surface area (Å²) in [5.74, 6) is -0.606. The van der Waals surface area contributed by atoms with E-state index in [2.05, 4.69) is 9.99 Å². The summed E-state index contributed by atoms with van der Waals surface area (Å²) in [6, 6.07) is 0. The van der Waals surface area contributed by atoms with Crippen LogP contribution in [-0.2, 0) is 4.84 Å². The SMILES string of the molecule is FC(F)(F)C1=NOC2C=CCC12. The molecule has 1 aliphatic carbocycles. The molecule has 0 spiro atoms. The summed E-state index contributed by atoms with van der Waals surface area (Å²) in [4.78, 5) is 4.60. The van der Waals surface area contributed by atoms with Crippen LogP contribution in [-0.4, -0.2) is 18.0 Å². The zero-order valence-electron chi connectivity index (χ0n) is 6.01. The molecule has 0 fully saturated rings. The highest BCUT2D eigenvalue weighted by Gasteiger charge is 2.49. The van der Waals surface area contributed by atoms with E-state index in [1.165, 1.54) is 0 Å². The molecular formula is C7H6F3NO. The fourth-order valence-electron chi connectivity index (χ4n) is 1.45. The van der Waals surface area contributed by atoms with Crippen molar-refractivity contribution in [3.8, 4) is 0 Å². The van der Waals surface area contributed by atoms with Crippen molar-refractivity contribution in [1.29, 1.82) is 0 Å². The molecule has 0 aromatic carbocycles. The first-order valence-corrected chi connectivity index (χ1v) is 3.56. The lowest BCUT2D eigenvalue weighted by Crippen LogP contribution is -2.30. The van der Waals surface area contributed by atoms with Gasteiger partial charge in [0.15, 0.2) is 11.8 Å². The predicted octanol–water partition coefficient (Wildman–Crippen LogP) is 1.88. The maximum Gasteiger partial charge on any atom is 0.433 e. The molecule has 1 heterocycles. The van der Waals surface area contributed by atoms with Gasteiger partial charge in [-0.05, 0) is 12.5 Å². The van der Waals surface area contributed by atoms with E-state index < -0.39 is 23.9 Å². The average Bonchev–Trinajstić information content (AvgIpc) is 2.37. The maximum atomic E-state index is 12.2. The lowest BCUT2D eigenvalue weighted by Gasteiger charge is -2.10. The van der Waals surface area contributed by atoms with Crippen molar-refractivity contribution in [3.63, 3.8) is 0 Å². The van der Waals surface area contributed by atoms with Gasteiger partial charge < -0.3 is 4.84 Å². The second-order valence-electron chi connectivity index (χ2n) is 2.81. The minimum absolute atomic E-state index is 0.378. The van der Waals surface area contributed by atoms with Crippen LogP contribution < -0.4 is 0 Å². The molecule has 5 heteroatoms. The van der Waals surface area contributed by atoms with Crippen LogP contribution in [0.25, 0.3) is 0 Å². The summed E-state index contributed by atoms with van der Waals surface area (Å²) in [5.41, 5.74) is -0.780. The van der Waals surface area contributed by atoms with Gasteiger partial charge in [0.25, 0.3) is 0 Å². The first kappa shape index (κ1) is 7.64. The number of hydrogen-bond donors (Lipinski definition) is 0. The van der Waals surface area contributed by atoms with Gasteiger partial charge in [-0.3, -0.25) is 0 Å². The fraction of sp³-hybridized carbons (Fsp3) is 0.571. The van der Waals surface area contributed by atoms with Gasteiger partial charge in [0.05, 0.1) is 5.92 Å². The summed E-state index contributed by atoms with van der Waals surface area (Å²) < 4.78 is 36.5. The van der Waals surface area contributed by atoms with E-state index in [0.717, 1.165) is 0 Å². The van der Waals surface area contributed by atoms with Crippen molar-refractivity contribution in [2.24, 2.45) is 11.1 Å². The quantitative estimate of drug-likeness (QED) is 0.517.